The number of nitrogens with one attached hydrogen (secondary N) is 1. The molecule has 0 amide bonds. The summed E-state index contributed by atoms with van der Waals surface area (Å²) in [5, 5.41) is 4.15. The molecular formula is C27H40N6O5. The van der Waals surface area contributed by atoms with E-state index < -0.39 is 24.5 Å². The highest BCUT2D eigenvalue weighted by Gasteiger charge is 2.53. The smallest absolute Gasteiger partial charge is 0.308 e. The predicted molar refractivity (Wildman–Crippen MR) is 141 cm³/mol. The fraction of sp³-hybridized carbons (Fsp3) is 0.704. The van der Waals surface area contributed by atoms with Crippen molar-refractivity contribution in [3.05, 3.63) is 18.6 Å². The third-order valence-electron chi connectivity index (χ3n) is 8.22. The topological polar surface area (TPSA) is 134 Å². The first-order valence-corrected chi connectivity index (χ1v) is 13.8. The van der Waals surface area contributed by atoms with Gasteiger partial charge in [0, 0.05) is 18.3 Å². The third kappa shape index (κ3) is 4.99. The lowest BCUT2D eigenvalue weighted by atomic mass is 9.85. The SMILES string of the molecule is CC(C)C(=O)O[C@@H]1[C@H](OC(=O)C(C)C)[C@@H](CN2CCCC23CCNCC3)O[C@H]1n1ccc2c(N)ncnc21. The summed E-state index contributed by atoms with van der Waals surface area (Å²) in [6.45, 7) is 10.7. The van der Waals surface area contributed by atoms with Gasteiger partial charge in [-0.1, -0.05) is 27.7 Å². The summed E-state index contributed by atoms with van der Waals surface area (Å²) in [5.41, 5.74) is 6.78. The molecule has 0 aliphatic carbocycles. The number of esters is 2. The molecule has 5 rings (SSSR count). The number of likely N-dealkylation sites (tertiary alicyclic amines) is 1. The Hall–Kier alpha value is -2.76. The summed E-state index contributed by atoms with van der Waals surface area (Å²) >= 11 is 0. The first-order valence-electron chi connectivity index (χ1n) is 13.8. The van der Waals surface area contributed by atoms with Crippen LogP contribution in [0.5, 0.6) is 0 Å². The summed E-state index contributed by atoms with van der Waals surface area (Å²) in [7, 11) is 0. The van der Waals surface area contributed by atoms with Gasteiger partial charge in [0.15, 0.2) is 18.4 Å². The van der Waals surface area contributed by atoms with Crippen LogP contribution in [0, 0.1) is 11.8 Å². The molecule has 11 nitrogen and oxygen atoms in total. The molecular weight excluding hydrogens is 488 g/mol. The highest BCUT2D eigenvalue weighted by Crippen LogP contribution is 2.41. The van der Waals surface area contributed by atoms with Gasteiger partial charge in [-0.3, -0.25) is 14.5 Å². The van der Waals surface area contributed by atoms with Crippen LogP contribution in [0.4, 0.5) is 5.82 Å². The minimum absolute atomic E-state index is 0.116. The molecule has 0 radical (unpaired) electrons. The molecule has 0 saturated carbocycles. The van der Waals surface area contributed by atoms with Gasteiger partial charge in [0.05, 0.1) is 17.2 Å². The van der Waals surface area contributed by atoms with Crippen LogP contribution in [0.15, 0.2) is 18.6 Å². The van der Waals surface area contributed by atoms with Crippen molar-refractivity contribution < 1.29 is 23.8 Å². The number of rotatable bonds is 7. The number of carbonyl (C=O) groups is 2. The van der Waals surface area contributed by atoms with E-state index in [4.69, 9.17) is 19.9 Å². The lowest BCUT2D eigenvalue weighted by molar-refractivity contribution is -0.172. The van der Waals surface area contributed by atoms with Crippen LogP contribution in [0.3, 0.4) is 0 Å². The summed E-state index contributed by atoms with van der Waals surface area (Å²) in [6.07, 6.45) is 4.77. The van der Waals surface area contributed by atoms with E-state index >= 15 is 0 Å². The first kappa shape index (κ1) is 26.8. The van der Waals surface area contributed by atoms with Crippen LogP contribution in [0.25, 0.3) is 11.0 Å². The molecule has 3 aliphatic heterocycles. The Balaban J connectivity index is 1.52. The second-order valence-electron chi connectivity index (χ2n) is 11.4. The van der Waals surface area contributed by atoms with Crippen LogP contribution in [0.2, 0.25) is 0 Å². The summed E-state index contributed by atoms with van der Waals surface area (Å²) in [6, 6.07) is 1.82. The molecule has 3 saturated heterocycles. The van der Waals surface area contributed by atoms with Gasteiger partial charge in [-0.15, -0.1) is 0 Å². The lowest BCUT2D eigenvalue weighted by Gasteiger charge is -2.43. The molecule has 2 aromatic heterocycles. The molecule has 0 bridgehead atoms. The van der Waals surface area contributed by atoms with Crippen molar-refractivity contribution in [2.24, 2.45) is 11.8 Å². The van der Waals surface area contributed by atoms with E-state index in [2.05, 4.69) is 20.2 Å². The Morgan fingerprint density at radius 2 is 1.79 bits per heavy atom. The highest BCUT2D eigenvalue weighted by atomic mass is 16.6. The van der Waals surface area contributed by atoms with Crippen molar-refractivity contribution in [3.63, 3.8) is 0 Å². The average Bonchev–Trinajstić information content (AvgIpc) is 3.57. The van der Waals surface area contributed by atoms with Crippen LogP contribution < -0.4 is 11.1 Å². The molecule has 3 aliphatic rings. The maximum atomic E-state index is 12.9. The van der Waals surface area contributed by atoms with Crippen molar-refractivity contribution in [3.8, 4) is 0 Å². The molecule has 5 heterocycles. The first-order chi connectivity index (χ1) is 18.2. The van der Waals surface area contributed by atoms with E-state index in [1.54, 1.807) is 27.7 Å². The van der Waals surface area contributed by atoms with Gasteiger partial charge in [-0.2, -0.15) is 0 Å². The monoisotopic (exact) mass is 528 g/mol. The number of piperidine rings is 1. The minimum Gasteiger partial charge on any atom is -0.455 e. The number of ether oxygens (including phenoxy) is 3. The number of carbonyl (C=O) groups excluding carboxylic acids is 2. The van der Waals surface area contributed by atoms with E-state index in [0.717, 1.165) is 45.3 Å². The average molecular weight is 529 g/mol. The van der Waals surface area contributed by atoms with Gasteiger partial charge in [-0.25, -0.2) is 9.97 Å². The van der Waals surface area contributed by atoms with Gasteiger partial charge in [-0.05, 0) is 51.4 Å². The normalized spacial score (nSPS) is 27.5. The lowest BCUT2D eigenvalue weighted by Crippen LogP contribution is -2.54. The number of nitrogens with two attached hydrogens (primary N) is 1. The fourth-order valence-corrected chi connectivity index (χ4v) is 6.04. The maximum absolute atomic E-state index is 12.9. The van der Waals surface area contributed by atoms with Crippen molar-refractivity contribution in [1.82, 2.24) is 24.8 Å². The molecule has 3 N–H and O–H groups in total. The van der Waals surface area contributed by atoms with Crippen LogP contribution in [-0.2, 0) is 23.8 Å². The zero-order valence-electron chi connectivity index (χ0n) is 22.8. The Labute approximate surface area is 223 Å². The molecule has 11 heteroatoms. The molecule has 0 unspecified atom stereocenters. The number of anilines is 1. The predicted octanol–water partition coefficient (Wildman–Crippen LogP) is 2.26. The Morgan fingerprint density at radius 1 is 1.11 bits per heavy atom. The van der Waals surface area contributed by atoms with E-state index in [1.165, 1.54) is 6.33 Å². The largest absolute Gasteiger partial charge is 0.455 e. The van der Waals surface area contributed by atoms with Crippen molar-refractivity contribution in [2.45, 2.75) is 83.5 Å². The Kier molecular flexibility index (Phi) is 7.61. The van der Waals surface area contributed by atoms with Crippen LogP contribution in [-0.4, -0.2) is 81.4 Å². The Morgan fingerprint density at radius 3 is 2.47 bits per heavy atom. The zero-order valence-corrected chi connectivity index (χ0v) is 22.8. The van der Waals surface area contributed by atoms with Crippen LogP contribution in [0.1, 0.15) is 59.6 Å². The summed E-state index contributed by atoms with van der Waals surface area (Å²) in [5.74, 6) is -1.06. The quantitative estimate of drug-likeness (QED) is 0.516. The number of hydrogen-bond acceptors (Lipinski definition) is 10. The second-order valence-corrected chi connectivity index (χ2v) is 11.4. The Bertz CT molecular complexity index is 1160. The zero-order chi connectivity index (χ0) is 27.0. The van der Waals surface area contributed by atoms with E-state index in [1.807, 2.05) is 16.8 Å². The number of nitrogen functional groups attached to an aromatic ring is 1. The molecule has 38 heavy (non-hydrogen) atoms. The van der Waals surface area contributed by atoms with Crippen molar-refractivity contribution >= 4 is 28.8 Å². The van der Waals surface area contributed by atoms with Crippen molar-refractivity contribution in [1.29, 1.82) is 0 Å². The minimum atomic E-state index is -0.851. The van der Waals surface area contributed by atoms with Gasteiger partial charge in [0.2, 0.25) is 0 Å². The summed E-state index contributed by atoms with van der Waals surface area (Å²) in [4.78, 5) is 36.8. The number of aromatic nitrogens is 3. The fourth-order valence-electron chi connectivity index (χ4n) is 6.04. The molecule has 2 aromatic rings. The maximum Gasteiger partial charge on any atom is 0.308 e. The van der Waals surface area contributed by atoms with Gasteiger partial charge in [0.25, 0.3) is 0 Å². The standard InChI is InChI=1S/C27H40N6O5/c1-16(2)25(34)37-20-19(14-32-12-5-7-27(32)8-10-29-11-9-27)36-24(21(20)38-26(35)17(3)4)33-13-6-18-22(28)30-15-31-23(18)33/h6,13,15-17,19-21,24,29H,5,7-12,14H2,1-4H3,(H2,28,30,31)/t19-,20-,21-,24-/m1/s1. The van der Waals surface area contributed by atoms with Gasteiger partial charge in [0.1, 0.15) is 23.9 Å². The van der Waals surface area contributed by atoms with Gasteiger partial charge < -0.3 is 29.8 Å². The number of nitrogens with zero attached hydrogens (tertiary/aromatic N) is 4. The van der Waals surface area contributed by atoms with E-state index in [9.17, 15) is 9.59 Å². The van der Waals surface area contributed by atoms with Crippen molar-refractivity contribution in [2.75, 3.05) is 31.9 Å². The third-order valence-corrected chi connectivity index (χ3v) is 8.22. The molecule has 208 valence electrons. The molecule has 3 fully saturated rings. The number of fused-ring (bicyclic) bond motifs is 1. The molecule has 4 atom stereocenters. The number of hydrogen-bond donors (Lipinski definition) is 2. The van der Waals surface area contributed by atoms with Crippen LogP contribution >= 0.6 is 0 Å². The van der Waals surface area contributed by atoms with Gasteiger partial charge >= 0.3 is 11.9 Å². The van der Waals surface area contributed by atoms with E-state index in [-0.39, 0.29) is 29.3 Å². The molecule has 0 aromatic carbocycles. The highest BCUT2D eigenvalue weighted by molar-refractivity contribution is 5.86. The second kappa shape index (κ2) is 10.8. The van der Waals surface area contributed by atoms with E-state index in [0.29, 0.717) is 23.4 Å². The summed E-state index contributed by atoms with van der Waals surface area (Å²) < 4.78 is 20.6. The molecule has 1 spiro atoms.